The fraction of sp³-hybridized carbons (Fsp3) is 0.150. The molecule has 0 amide bonds. The Morgan fingerprint density at radius 3 is 2.74 bits per heavy atom. The summed E-state index contributed by atoms with van der Waals surface area (Å²) in [6, 6.07) is 14.6. The SMILES string of the molecule is C#CC(O)Cc1ccc(-c2ccc3cc(C)ccc3n2)c(F)c1. The van der Waals surface area contributed by atoms with Gasteiger partial charge < -0.3 is 5.11 Å². The number of terminal acetylenes is 1. The molecule has 0 aliphatic carbocycles. The average Bonchev–Trinajstić information content (AvgIpc) is 2.54. The lowest BCUT2D eigenvalue weighted by atomic mass is 10.0. The van der Waals surface area contributed by atoms with Crippen molar-refractivity contribution in [3.63, 3.8) is 0 Å². The lowest BCUT2D eigenvalue weighted by Crippen LogP contribution is -2.07. The highest BCUT2D eigenvalue weighted by molar-refractivity contribution is 5.82. The summed E-state index contributed by atoms with van der Waals surface area (Å²) in [5.74, 6) is 1.85. The highest BCUT2D eigenvalue weighted by Gasteiger charge is 2.10. The number of nitrogens with zero attached hydrogens (tertiary/aromatic N) is 1. The Hall–Kier alpha value is -2.70. The Kier molecular flexibility index (Phi) is 4.10. The van der Waals surface area contributed by atoms with Crippen molar-refractivity contribution in [2.75, 3.05) is 0 Å². The van der Waals surface area contributed by atoms with Crippen LogP contribution in [-0.4, -0.2) is 16.2 Å². The second-order valence-electron chi connectivity index (χ2n) is 5.59. The standard InChI is InChI=1S/C20H16FNO/c1-3-16(23)11-14-5-7-17(18(21)12-14)20-9-6-15-10-13(2)4-8-19(15)22-20/h1,4-10,12,16,23H,11H2,2H3. The first-order chi connectivity index (χ1) is 11.1. The Morgan fingerprint density at radius 1 is 1.17 bits per heavy atom. The summed E-state index contributed by atoms with van der Waals surface area (Å²) in [4.78, 5) is 4.53. The molecule has 1 N–H and O–H groups in total. The molecule has 0 saturated heterocycles. The molecule has 0 saturated carbocycles. The summed E-state index contributed by atoms with van der Waals surface area (Å²) in [7, 11) is 0. The summed E-state index contributed by atoms with van der Waals surface area (Å²) < 4.78 is 14.4. The number of aromatic nitrogens is 1. The minimum Gasteiger partial charge on any atom is -0.380 e. The lowest BCUT2D eigenvalue weighted by Gasteiger charge is -2.08. The van der Waals surface area contributed by atoms with Gasteiger partial charge in [-0.2, -0.15) is 0 Å². The molecule has 0 aliphatic heterocycles. The highest BCUT2D eigenvalue weighted by atomic mass is 19.1. The van der Waals surface area contributed by atoms with Crippen LogP contribution in [0.1, 0.15) is 11.1 Å². The number of aryl methyl sites for hydroxylation is 1. The molecule has 114 valence electrons. The number of halogens is 1. The zero-order valence-corrected chi connectivity index (χ0v) is 12.8. The van der Waals surface area contributed by atoms with Crippen molar-refractivity contribution in [1.82, 2.24) is 4.98 Å². The average molecular weight is 305 g/mol. The lowest BCUT2D eigenvalue weighted by molar-refractivity contribution is 0.233. The van der Waals surface area contributed by atoms with Gasteiger partial charge in [0.1, 0.15) is 11.9 Å². The minimum absolute atomic E-state index is 0.234. The predicted molar refractivity (Wildman–Crippen MR) is 90.4 cm³/mol. The number of aliphatic hydroxyl groups is 1. The van der Waals surface area contributed by atoms with Crippen LogP contribution >= 0.6 is 0 Å². The van der Waals surface area contributed by atoms with Crippen LogP contribution in [0.15, 0.2) is 48.5 Å². The van der Waals surface area contributed by atoms with Crippen LogP contribution in [0, 0.1) is 25.1 Å². The summed E-state index contributed by atoms with van der Waals surface area (Å²) in [6.07, 6.45) is 4.47. The molecule has 3 heteroatoms. The van der Waals surface area contributed by atoms with Crippen molar-refractivity contribution in [2.24, 2.45) is 0 Å². The number of rotatable bonds is 3. The smallest absolute Gasteiger partial charge is 0.132 e. The van der Waals surface area contributed by atoms with Gasteiger partial charge in [0.25, 0.3) is 0 Å². The molecule has 0 radical (unpaired) electrons. The highest BCUT2D eigenvalue weighted by Crippen LogP contribution is 2.25. The van der Waals surface area contributed by atoms with Crippen molar-refractivity contribution in [2.45, 2.75) is 19.4 Å². The van der Waals surface area contributed by atoms with Crippen molar-refractivity contribution in [3.05, 3.63) is 65.5 Å². The molecular formula is C20H16FNO. The van der Waals surface area contributed by atoms with Gasteiger partial charge in [0.05, 0.1) is 11.2 Å². The number of hydrogen-bond donors (Lipinski definition) is 1. The van der Waals surface area contributed by atoms with E-state index in [9.17, 15) is 9.50 Å². The second-order valence-corrected chi connectivity index (χ2v) is 5.59. The summed E-state index contributed by atoms with van der Waals surface area (Å²) in [5.41, 5.74) is 3.68. The van der Waals surface area contributed by atoms with Gasteiger partial charge in [0.15, 0.2) is 0 Å². The first kappa shape index (κ1) is 15.2. The van der Waals surface area contributed by atoms with Crippen molar-refractivity contribution in [1.29, 1.82) is 0 Å². The summed E-state index contributed by atoms with van der Waals surface area (Å²) >= 11 is 0. The molecule has 1 aromatic heterocycles. The molecule has 2 aromatic carbocycles. The predicted octanol–water partition coefficient (Wildman–Crippen LogP) is 3.89. The van der Waals surface area contributed by atoms with E-state index >= 15 is 0 Å². The Labute approximate surface area is 134 Å². The molecule has 3 aromatic rings. The minimum atomic E-state index is -0.901. The van der Waals surface area contributed by atoms with Gasteiger partial charge in [-0.15, -0.1) is 6.42 Å². The van der Waals surface area contributed by atoms with Gasteiger partial charge in [-0.3, -0.25) is 0 Å². The molecular weight excluding hydrogens is 289 g/mol. The van der Waals surface area contributed by atoms with Crippen LogP contribution in [0.3, 0.4) is 0 Å². The molecule has 0 aliphatic rings. The first-order valence-corrected chi connectivity index (χ1v) is 7.37. The monoisotopic (exact) mass is 305 g/mol. The molecule has 23 heavy (non-hydrogen) atoms. The molecule has 1 atom stereocenters. The normalized spacial score (nSPS) is 12.1. The van der Waals surface area contributed by atoms with Crippen molar-refractivity contribution < 1.29 is 9.50 Å². The van der Waals surface area contributed by atoms with Gasteiger partial charge >= 0.3 is 0 Å². The van der Waals surface area contributed by atoms with Gasteiger partial charge in [0, 0.05) is 17.4 Å². The number of aliphatic hydroxyl groups excluding tert-OH is 1. The molecule has 0 bridgehead atoms. The van der Waals surface area contributed by atoms with Gasteiger partial charge in [-0.25, -0.2) is 9.37 Å². The van der Waals surface area contributed by atoms with Gasteiger partial charge in [-0.05, 0) is 42.8 Å². The van der Waals surface area contributed by atoms with E-state index in [4.69, 9.17) is 6.42 Å². The van der Waals surface area contributed by atoms with Gasteiger partial charge in [-0.1, -0.05) is 29.7 Å². The van der Waals surface area contributed by atoms with Crippen LogP contribution in [0.2, 0.25) is 0 Å². The van der Waals surface area contributed by atoms with E-state index in [0.29, 0.717) is 16.8 Å². The van der Waals surface area contributed by atoms with Crippen LogP contribution in [0.4, 0.5) is 4.39 Å². The maximum Gasteiger partial charge on any atom is 0.132 e. The first-order valence-electron chi connectivity index (χ1n) is 7.37. The van der Waals surface area contributed by atoms with E-state index in [-0.39, 0.29) is 12.2 Å². The Bertz CT molecular complexity index is 911. The van der Waals surface area contributed by atoms with Crippen LogP contribution in [0.5, 0.6) is 0 Å². The second kappa shape index (κ2) is 6.20. The van der Waals surface area contributed by atoms with E-state index in [0.717, 1.165) is 16.5 Å². The zero-order valence-electron chi connectivity index (χ0n) is 12.8. The van der Waals surface area contributed by atoms with E-state index in [1.807, 2.05) is 37.3 Å². The third kappa shape index (κ3) is 3.23. The molecule has 2 nitrogen and oxygen atoms in total. The third-order valence-electron chi connectivity index (χ3n) is 3.78. The number of hydrogen-bond acceptors (Lipinski definition) is 2. The van der Waals surface area contributed by atoms with Crippen molar-refractivity contribution in [3.8, 4) is 23.6 Å². The summed E-state index contributed by atoms with van der Waals surface area (Å²) in [5, 5.41) is 10.5. The third-order valence-corrected chi connectivity index (χ3v) is 3.78. The molecule has 0 spiro atoms. The fourth-order valence-electron chi connectivity index (χ4n) is 2.57. The molecule has 0 fully saturated rings. The van der Waals surface area contributed by atoms with Crippen LogP contribution in [-0.2, 0) is 6.42 Å². The largest absolute Gasteiger partial charge is 0.380 e. The number of benzene rings is 2. The number of pyridine rings is 1. The van der Waals surface area contributed by atoms with E-state index in [2.05, 4.69) is 10.9 Å². The molecule has 1 heterocycles. The summed E-state index contributed by atoms with van der Waals surface area (Å²) in [6.45, 7) is 2.02. The Morgan fingerprint density at radius 2 is 2.00 bits per heavy atom. The Balaban J connectivity index is 1.98. The quantitative estimate of drug-likeness (QED) is 0.745. The van der Waals surface area contributed by atoms with E-state index < -0.39 is 6.10 Å². The number of fused-ring (bicyclic) bond motifs is 1. The molecule has 3 rings (SSSR count). The van der Waals surface area contributed by atoms with Crippen LogP contribution < -0.4 is 0 Å². The van der Waals surface area contributed by atoms with E-state index in [1.54, 1.807) is 12.1 Å². The zero-order chi connectivity index (χ0) is 16.4. The van der Waals surface area contributed by atoms with Crippen molar-refractivity contribution >= 4 is 10.9 Å². The maximum atomic E-state index is 14.4. The topological polar surface area (TPSA) is 33.1 Å². The van der Waals surface area contributed by atoms with E-state index in [1.165, 1.54) is 6.07 Å². The van der Waals surface area contributed by atoms with Gasteiger partial charge in [0.2, 0.25) is 0 Å². The molecule has 1 unspecified atom stereocenters. The van der Waals surface area contributed by atoms with Crippen LogP contribution in [0.25, 0.3) is 22.2 Å². The maximum absolute atomic E-state index is 14.4. The fourth-order valence-corrected chi connectivity index (χ4v) is 2.57.